The molecule has 1 amide bonds. The summed E-state index contributed by atoms with van der Waals surface area (Å²) in [5, 5.41) is 11.5. The fraction of sp³-hybridized carbons (Fsp3) is 0.429. The van der Waals surface area contributed by atoms with Crippen molar-refractivity contribution in [1.82, 2.24) is 4.90 Å². The second-order valence-corrected chi connectivity index (χ2v) is 4.73. The highest BCUT2D eigenvalue weighted by atomic mass is 16.5. The molecule has 3 N–H and O–H groups in total. The Hall–Kier alpha value is -2.26. The predicted octanol–water partition coefficient (Wildman–Crippen LogP) is 1.31. The number of hydrogen-bond acceptors (Lipinski definition) is 5. The predicted molar refractivity (Wildman–Crippen MR) is 78.3 cm³/mol. The normalized spacial score (nSPS) is 11.8. The number of nitriles is 1. The van der Waals surface area contributed by atoms with Crippen LogP contribution in [0.3, 0.4) is 0 Å². The Morgan fingerprint density at radius 3 is 2.90 bits per heavy atom. The largest absolute Gasteiger partial charge is 0.495 e. The number of anilines is 2. The first-order valence-corrected chi connectivity index (χ1v) is 6.27. The summed E-state index contributed by atoms with van der Waals surface area (Å²) in [6.07, 6.45) is 0. The molecule has 6 heteroatoms. The average Bonchev–Trinajstić information content (AvgIpc) is 2.38. The number of nitrogens with two attached hydrogens (primary N) is 1. The maximum absolute atomic E-state index is 11.9. The van der Waals surface area contributed by atoms with Crippen LogP contribution in [0, 0.1) is 17.2 Å². The van der Waals surface area contributed by atoms with Gasteiger partial charge in [-0.05, 0) is 32.2 Å². The van der Waals surface area contributed by atoms with E-state index in [-0.39, 0.29) is 18.4 Å². The molecule has 6 nitrogen and oxygen atoms in total. The Balaban J connectivity index is 2.63. The number of nitrogens with one attached hydrogen (secondary N) is 1. The number of carbonyl (C=O) groups excluding carboxylic acids is 1. The molecule has 1 rings (SSSR count). The average molecular weight is 276 g/mol. The molecule has 0 aromatic heterocycles. The topological polar surface area (TPSA) is 91.4 Å². The lowest BCUT2D eigenvalue weighted by Gasteiger charge is -2.18. The quantitative estimate of drug-likeness (QED) is 0.764. The van der Waals surface area contributed by atoms with Gasteiger partial charge in [-0.2, -0.15) is 5.26 Å². The molecule has 0 fully saturated rings. The van der Waals surface area contributed by atoms with E-state index in [0.29, 0.717) is 23.7 Å². The van der Waals surface area contributed by atoms with Crippen LogP contribution in [0.4, 0.5) is 11.4 Å². The number of rotatable bonds is 6. The van der Waals surface area contributed by atoms with Gasteiger partial charge < -0.3 is 15.8 Å². The Labute approximate surface area is 119 Å². The van der Waals surface area contributed by atoms with Crippen LogP contribution in [0.25, 0.3) is 0 Å². The van der Waals surface area contributed by atoms with Crippen molar-refractivity contribution in [3.05, 3.63) is 18.2 Å². The standard InChI is InChI=1S/C14H20N4O2/c1-10(7-15)8-18(2)9-14(19)17-12-6-11(16)4-5-13(12)20-3/h4-6,10H,8-9,16H2,1-3H3,(H,17,19). The second-order valence-electron chi connectivity index (χ2n) is 4.73. The van der Waals surface area contributed by atoms with Crippen LogP contribution in [0.1, 0.15) is 6.92 Å². The molecule has 1 unspecified atom stereocenters. The highest BCUT2D eigenvalue weighted by Gasteiger charge is 2.12. The van der Waals surface area contributed by atoms with E-state index in [1.54, 1.807) is 30.1 Å². The molecule has 1 aromatic carbocycles. The van der Waals surface area contributed by atoms with Crippen LogP contribution in [0.15, 0.2) is 18.2 Å². The van der Waals surface area contributed by atoms with Crippen LogP contribution >= 0.6 is 0 Å². The number of nitrogen functional groups attached to an aromatic ring is 1. The fourth-order valence-corrected chi connectivity index (χ4v) is 1.83. The second kappa shape index (κ2) is 7.36. The van der Waals surface area contributed by atoms with E-state index in [1.807, 2.05) is 6.92 Å². The van der Waals surface area contributed by atoms with Crippen LogP contribution in [0.2, 0.25) is 0 Å². The lowest BCUT2D eigenvalue weighted by atomic mass is 10.2. The fourth-order valence-electron chi connectivity index (χ4n) is 1.83. The van der Waals surface area contributed by atoms with Gasteiger partial charge in [0, 0.05) is 12.2 Å². The monoisotopic (exact) mass is 276 g/mol. The first-order valence-electron chi connectivity index (χ1n) is 6.27. The molecule has 0 saturated heterocycles. The van der Waals surface area contributed by atoms with Gasteiger partial charge in [0.2, 0.25) is 5.91 Å². The van der Waals surface area contributed by atoms with E-state index >= 15 is 0 Å². The number of benzene rings is 1. The van der Waals surface area contributed by atoms with E-state index in [9.17, 15) is 4.79 Å². The Kier molecular flexibility index (Phi) is 5.81. The highest BCUT2D eigenvalue weighted by Crippen LogP contribution is 2.26. The molecule has 1 atom stereocenters. The Morgan fingerprint density at radius 2 is 2.30 bits per heavy atom. The van der Waals surface area contributed by atoms with Gasteiger partial charge in [0.05, 0.1) is 31.3 Å². The van der Waals surface area contributed by atoms with Crippen LogP contribution in [-0.4, -0.2) is 38.1 Å². The molecule has 1 aromatic rings. The number of nitrogens with zero attached hydrogens (tertiary/aromatic N) is 2. The number of carbonyl (C=O) groups is 1. The maximum atomic E-state index is 11.9. The molecular formula is C14H20N4O2. The summed E-state index contributed by atoms with van der Waals surface area (Å²) in [6, 6.07) is 7.19. The summed E-state index contributed by atoms with van der Waals surface area (Å²) in [6.45, 7) is 2.55. The van der Waals surface area contributed by atoms with Gasteiger partial charge in [0.15, 0.2) is 0 Å². The van der Waals surface area contributed by atoms with Gasteiger partial charge in [-0.3, -0.25) is 9.69 Å². The molecule has 0 aliphatic heterocycles. The third-order valence-electron chi connectivity index (χ3n) is 2.72. The first-order chi connectivity index (χ1) is 9.46. The minimum atomic E-state index is -0.179. The third kappa shape index (κ3) is 4.78. The lowest BCUT2D eigenvalue weighted by Crippen LogP contribution is -2.33. The molecule has 108 valence electrons. The van der Waals surface area contributed by atoms with Gasteiger partial charge in [-0.15, -0.1) is 0 Å². The number of ether oxygens (including phenoxy) is 1. The Morgan fingerprint density at radius 1 is 1.60 bits per heavy atom. The van der Waals surface area contributed by atoms with E-state index in [1.165, 1.54) is 7.11 Å². The van der Waals surface area contributed by atoms with E-state index in [2.05, 4.69) is 11.4 Å². The molecule has 0 saturated carbocycles. The summed E-state index contributed by atoms with van der Waals surface area (Å²) < 4.78 is 5.16. The van der Waals surface area contributed by atoms with Gasteiger partial charge in [0.25, 0.3) is 0 Å². The van der Waals surface area contributed by atoms with Crippen molar-refractivity contribution in [1.29, 1.82) is 5.26 Å². The zero-order valence-corrected chi connectivity index (χ0v) is 12.0. The first kappa shape index (κ1) is 15.8. The molecule has 0 aliphatic rings. The van der Waals surface area contributed by atoms with Crippen molar-refractivity contribution in [3.8, 4) is 11.8 Å². The van der Waals surface area contributed by atoms with Gasteiger partial charge in [-0.1, -0.05) is 0 Å². The Bertz CT molecular complexity index is 510. The zero-order valence-electron chi connectivity index (χ0n) is 12.0. The third-order valence-corrected chi connectivity index (χ3v) is 2.72. The van der Waals surface area contributed by atoms with Crippen LogP contribution in [0.5, 0.6) is 5.75 Å². The van der Waals surface area contributed by atoms with Crippen molar-refractivity contribution in [2.24, 2.45) is 5.92 Å². The maximum Gasteiger partial charge on any atom is 0.238 e. The number of likely N-dealkylation sites (N-methyl/N-ethyl adjacent to an activating group) is 1. The van der Waals surface area contributed by atoms with Crippen LogP contribution in [-0.2, 0) is 4.79 Å². The minimum Gasteiger partial charge on any atom is -0.495 e. The number of hydrogen-bond donors (Lipinski definition) is 2. The van der Waals surface area contributed by atoms with Gasteiger partial charge >= 0.3 is 0 Å². The molecule has 0 bridgehead atoms. The summed E-state index contributed by atoms with van der Waals surface area (Å²) >= 11 is 0. The summed E-state index contributed by atoms with van der Waals surface area (Å²) in [5.41, 5.74) is 6.78. The van der Waals surface area contributed by atoms with Crippen molar-refractivity contribution in [3.63, 3.8) is 0 Å². The smallest absolute Gasteiger partial charge is 0.238 e. The lowest BCUT2D eigenvalue weighted by molar-refractivity contribution is -0.117. The van der Waals surface area contributed by atoms with Crippen LogP contribution < -0.4 is 15.8 Å². The van der Waals surface area contributed by atoms with E-state index in [0.717, 1.165) is 0 Å². The molecule has 0 aliphatic carbocycles. The number of amides is 1. The number of methoxy groups -OCH3 is 1. The van der Waals surface area contributed by atoms with E-state index in [4.69, 9.17) is 15.7 Å². The summed E-state index contributed by atoms with van der Waals surface area (Å²) in [5.74, 6) is 0.261. The molecule has 0 heterocycles. The minimum absolute atomic E-state index is 0.116. The molecular weight excluding hydrogens is 256 g/mol. The molecule has 0 spiro atoms. The van der Waals surface area contributed by atoms with Crippen molar-refractivity contribution in [2.45, 2.75) is 6.92 Å². The summed E-state index contributed by atoms with van der Waals surface area (Å²) in [7, 11) is 3.33. The molecule has 0 radical (unpaired) electrons. The SMILES string of the molecule is COc1ccc(N)cc1NC(=O)CN(C)CC(C)C#N. The molecule has 20 heavy (non-hydrogen) atoms. The van der Waals surface area contributed by atoms with Crippen molar-refractivity contribution in [2.75, 3.05) is 38.3 Å². The summed E-state index contributed by atoms with van der Waals surface area (Å²) in [4.78, 5) is 13.7. The zero-order chi connectivity index (χ0) is 15.1. The van der Waals surface area contributed by atoms with Crippen molar-refractivity contribution < 1.29 is 9.53 Å². The highest BCUT2D eigenvalue weighted by molar-refractivity contribution is 5.94. The van der Waals surface area contributed by atoms with Crippen molar-refractivity contribution >= 4 is 17.3 Å². The van der Waals surface area contributed by atoms with Gasteiger partial charge in [-0.25, -0.2) is 0 Å². The van der Waals surface area contributed by atoms with Gasteiger partial charge in [0.1, 0.15) is 5.75 Å². The van der Waals surface area contributed by atoms with E-state index < -0.39 is 0 Å².